The molecule has 40 heavy (non-hydrogen) atoms. The lowest BCUT2D eigenvalue weighted by Gasteiger charge is -2.17. The van der Waals surface area contributed by atoms with Crippen molar-refractivity contribution in [1.29, 1.82) is 0 Å². The van der Waals surface area contributed by atoms with Gasteiger partial charge in [-0.25, -0.2) is 19.7 Å². The Hall–Kier alpha value is -4.84. The van der Waals surface area contributed by atoms with Gasteiger partial charge in [0.25, 0.3) is 0 Å². The van der Waals surface area contributed by atoms with Crippen molar-refractivity contribution in [3.05, 3.63) is 93.4 Å². The van der Waals surface area contributed by atoms with Gasteiger partial charge in [0, 0.05) is 18.5 Å². The van der Waals surface area contributed by atoms with E-state index in [1.807, 2.05) is 55.5 Å². The van der Waals surface area contributed by atoms with E-state index >= 15 is 0 Å². The molecule has 3 aromatic heterocycles. The predicted octanol–water partition coefficient (Wildman–Crippen LogP) is 3.78. The van der Waals surface area contributed by atoms with Gasteiger partial charge in [-0.3, -0.25) is 0 Å². The van der Waals surface area contributed by atoms with Crippen LogP contribution in [0.2, 0.25) is 0 Å². The van der Waals surface area contributed by atoms with Gasteiger partial charge >= 0.3 is 11.8 Å². The van der Waals surface area contributed by atoms with Crippen LogP contribution < -0.4 is 5.82 Å². The number of rotatable bonds is 9. The van der Waals surface area contributed by atoms with E-state index in [-0.39, 0.29) is 29.5 Å². The highest BCUT2D eigenvalue weighted by Crippen LogP contribution is 2.31. The molecule has 0 saturated carbocycles. The lowest BCUT2D eigenvalue weighted by molar-refractivity contribution is 0.0395. The van der Waals surface area contributed by atoms with Crippen LogP contribution in [-0.4, -0.2) is 41.3 Å². The molecule has 0 fully saturated rings. The Kier molecular flexibility index (Phi) is 7.18. The van der Waals surface area contributed by atoms with Crippen molar-refractivity contribution >= 4 is 5.97 Å². The zero-order valence-corrected chi connectivity index (χ0v) is 22.5. The van der Waals surface area contributed by atoms with Gasteiger partial charge in [0.1, 0.15) is 17.1 Å². The quantitative estimate of drug-likeness (QED) is 0.261. The molecule has 0 atom stereocenters. The number of ether oxygens (including phenoxy) is 1. The number of H-pyrrole nitrogens is 1. The van der Waals surface area contributed by atoms with Crippen LogP contribution in [0.15, 0.2) is 62.2 Å². The van der Waals surface area contributed by atoms with Crippen molar-refractivity contribution < 1.29 is 23.5 Å². The Bertz CT molecular complexity index is 1690. The molecule has 5 rings (SSSR count). The van der Waals surface area contributed by atoms with Crippen LogP contribution in [0, 0.1) is 6.92 Å². The van der Waals surface area contributed by atoms with Gasteiger partial charge < -0.3 is 23.2 Å². The average molecular weight is 545 g/mol. The molecule has 0 spiro atoms. The third-order valence-electron chi connectivity index (χ3n) is 6.44. The van der Waals surface area contributed by atoms with Crippen molar-refractivity contribution in [3.63, 3.8) is 0 Å². The first-order valence-electron chi connectivity index (χ1n) is 12.7. The monoisotopic (exact) mass is 544 g/mol. The van der Waals surface area contributed by atoms with E-state index in [1.165, 1.54) is 0 Å². The molecular formula is C28H28N6O6. The van der Waals surface area contributed by atoms with Crippen LogP contribution >= 0.6 is 0 Å². The maximum absolute atomic E-state index is 13.4. The summed E-state index contributed by atoms with van der Waals surface area (Å²) in [5.74, 6) is -0.0620. The first-order chi connectivity index (χ1) is 19.2. The van der Waals surface area contributed by atoms with E-state index in [9.17, 15) is 14.7 Å². The van der Waals surface area contributed by atoms with Crippen LogP contribution in [0.4, 0.5) is 0 Å². The Morgan fingerprint density at radius 3 is 2.42 bits per heavy atom. The number of aromatic amines is 1. The molecule has 0 amide bonds. The first kappa shape index (κ1) is 26.8. The molecule has 2 N–H and O–H groups in total. The molecule has 3 heterocycles. The summed E-state index contributed by atoms with van der Waals surface area (Å²) in [7, 11) is 0. The maximum Gasteiger partial charge on any atom is 0.519 e. The Labute approximate surface area is 228 Å². The van der Waals surface area contributed by atoms with Crippen molar-refractivity contribution in [1.82, 2.24) is 30.2 Å². The summed E-state index contributed by atoms with van der Waals surface area (Å²) in [6, 6.07) is 15.7. The highest BCUT2D eigenvalue weighted by Gasteiger charge is 2.32. The van der Waals surface area contributed by atoms with Crippen molar-refractivity contribution in [2.45, 2.75) is 52.9 Å². The second kappa shape index (κ2) is 10.7. The van der Waals surface area contributed by atoms with Crippen molar-refractivity contribution in [2.24, 2.45) is 0 Å². The fourth-order valence-corrected chi connectivity index (χ4v) is 4.47. The summed E-state index contributed by atoms with van der Waals surface area (Å²) >= 11 is 0. The number of imidazole rings is 1. The van der Waals surface area contributed by atoms with Gasteiger partial charge in [-0.1, -0.05) is 55.5 Å². The number of aliphatic hydroxyl groups is 1. The number of hydrogen-bond donors (Lipinski definition) is 2. The third-order valence-corrected chi connectivity index (χ3v) is 6.44. The number of nitrogens with one attached hydrogen (secondary N) is 1. The zero-order valence-electron chi connectivity index (χ0n) is 22.5. The second-order valence-corrected chi connectivity index (χ2v) is 9.73. The maximum atomic E-state index is 13.4. The highest BCUT2D eigenvalue weighted by molar-refractivity contribution is 5.89. The van der Waals surface area contributed by atoms with Crippen molar-refractivity contribution in [2.75, 3.05) is 0 Å². The lowest BCUT2D eigenvalue weighted by atomic mass is 9.98. The standard InChI is InChI=1S/C28H28N6O6/c1-5-22-29-24(28(3,4)37)23(26(35)38-15-21-16(2)39-27(36)40-21)34(22)14-17-10-12-18(13-11-17)19-8-6-7-9-20(19)25-30-32-33-31-25/h6-13,37H,5,14-15H2,1-4H3,(H,30,31,32,33). The SMILES string of the molecule is CCc1nc(C(C)(C)O)c(C(=O)OCc2oc(=O)oc2C)n1Cc1ccc(-c2ccccc2-c2nnn[nH]2)cc1. The zero-order chi connectivity index (χ0) is 28.4. The summed E-state index contributed by atoms with van der Waals surface area (Å²) in [5, 5.41) is 25.0. The highest BCUT2D eigenvalue weighted by atomic mass is 16.6. The Balaban J connectivity index is 1.46. The minimum absolute atomic E-state index is 0.113. The minimum Gasteiger partial charge on any atom is -0.453 e. The molecule has 0 aliphatic rings. The summed E-state index contributed by atoms with van der Waals surface area (Å²) in [6.45, 7) is 6.59. The number of nitrogens with zero attached hydrogens (tertiary/aromatic N) is 5. The van der Waals surface area contributed by atoms with Crippen LogP contribution in [0.3, 0.4) is 0 Å². The number of aromatic nitrogens is 6. The van der Waals surface area contributed by atoms with Gasteiger partial charge in [0.05, 0.1) is 0 Å². The molecule has 0 bridgehead atoms. The van der Waals surface area contributed by atoms with Crippen LogP contribution in [0.1, 0.15) is 59.9 Å². The number of aryl methyl sites for hydroxylation is 2. The molecule has 12 nitrogen and oxygen atoms in total. The average Bonchev–Trinajstić information content (AvgIpc) is 3.66. The minimum atomic E-state index is -1.41. The van der Waals surface area contributed by atoms with Crippen LogP contribution in [-0.2, 0) is 29.9 Å². The summed E-state index contributed by atoms with van der Waals surface area (Å²) in [4.78, 5) is 29.3. The van der Waals surface area contributed by atoms with E-state index in [4.69, 9.17) is 13.6 Å². The number of carbonyl (C=O) groups excluding carboxylic acids is 1. The molecule has 12 heteroatoms. The smallest absolute Gasteiger partial charge is 0.453 e. The number of hydrogen-bond acceptors (Lipinski definition) is 10. The Morgan fingerprint density at radius 1 is 1.10 bits per heavy atom. The lowest BCUT2D eigenvalue weighted by Crippen LogP contribution is -2.23. The molecule has 5 aromatic rings. The molecule has 0 unspecified atom stereocenters. The van der Waals surface area contributed by atoms with Gasteiger partial charge in [-0.05, 0) is 47.9 Å². The number of tetrazole rings is 1. The van der Waals surface area contributed by atoms with Gasteiger partial charge in [0.2, 0.25) is 0 Å². The van der Waals surface area contributed by atoms with Gasteiger partial charge in [-0.2, -0.15) is 0 Å². The molecule has 206 valence electrons. The number of carbonyl (C=O) groups is 1. The molecule has 0 radical (unpaired) electrons. The van der Waals surface area contributed by atoms with Gasteiger partial charge in [-0.15, -0.1) is 5.10 Å². The Morgan fingerprint density at radius 2 is 1.82 bits per heavy atom. The topological polar surface area (TPSA) is 162 Å². The van der Waals surface area contributed by atoms with Crippen LogP contribution in [0.25, 0.3) is 22.5 Å². The van der Waals surface area contributed by atoms with E-state index in [0.717, 1.165) is 22.3 Å². The molecule has 0 saturated heterocycles. The molecule has 0 aliphatic carbocycles. The van der Waals surface area contributed by atoms with Crippen LogP contribution in [0.5, 0.6) is 0 Å². The third kappa shape index (κ3) is 5.34. The number of esters is 1. The second-order valence-electron chi connectivity index (χ2n) is 9.73. The largest absolute Gasteiger partial charge is 0.519 e. The predicted molar refractivity (Wildman–Crippen MR) is 142 cm³/mol. The molecular weight excluding hydrogens is 516 g/mol. The summed E-state index contributed by atoms with van der Waals surface area (Å²) in [6.07, 6.45) is 0.517. The van der Waals surface area contributed by atoms with Gasteiger partial charge in [0.15, 0.2) is 29.6 Å². The fourth-order valence-electron chi connectivity index (χ4n) is 4.47. The summed E-state index contributed by atoms with van der Waals surface area (Å²) < 4.78 is 17.0. The van der Waals surface area contributed by atoms with E-state index in [1.54, 1.807) is 25.3 Å². The fraction of sp³-hybridized carbons (Fsp3) is 0.286. The molecule has 2 aromatic carbocycles. The van der Waals surface area contributed by atoms with E-state index in [2.05, 4.69) is 25.6 Å². The van der Waals surface area contributed by atoms with Crippen molar-refractivity contribution in [3.8, 4) is 22.5 Å². The van der Waals surface area contributed by atoms with E-state index in [0.29, 0.717) is 24.6 Å². The number of benzene rings is 2. The summed E-state index contributed by atoms with van der Waals surface area (Å²) in [5.41, 5.74) is 2.61. The normalized spacial score (nSPS) is 11.6. The first-order valence-corrected chi connectivity index (χ1v) is 12.7. The van der Waals surface area contributed by atoms with E-state index < -0.39 is 17.4 Å². The molecule has 0 aliphatic heterocycles.